The average Bonchev–Trinajstić information content (AvgIpc) is 2.35. The van der Waals surface area contributed by atoms with Crippen molar-refractivity contribution in [2.24, 2.45) is 0 Å². The maximum atomic E-state index is 5.14. The summed E-state index contributed by atoms with van der Waals surface area (Å²) in [6, 6.07) is 8.25. The molecule has 0 saturated carbocycles. The molecule has 0 spiro atoms. The summed E-state index contributed by atoms with van der Waals surface area (Å²) >= 11 is 0. The Balaban J connectivity index is 2.70. The molecular weight excluding hydrogens is 196 g/mol. The lowest BCUT2D eigenvalue weighted by Gasteiger charge is -2.04. The van der Waals surface area contributed by atoms with E-state index in [2.05, 4.69) is 32.1 Å². The molecule has 0 fully saturated rings. The molecule has 0 N–H and O–H groups in total. The Morgan fingerprint density at radius 2 is 1.88 bits per heavy atom. The molecule has 1 heteroatoms. The lowest BCUT2D eigenvalue weighted by molar-refractivity contribution is 0.415. The van der Waals surface area contributed by atoms with E-state index in [0.29, 0.717) is 0 Å². The third kappa shape index (κ3) is 4.09. The van der Waals surface area contributed by atoms with E-state index >= 15 is 0 Å². The van der Waals surface area contributed by atoms with Gasteiger partial charge >= 0.3 is 0 Å². The summed E-state index contributed by atoms with van der Waals surface area (Å²) in [5.41, 5.74) is 2.81. The van der Waals surface area contributed by atoms with Crippen molar-refractivity contribution in [2.75, 3.05) is 7.11 Å². The third-order valence-corrected chi connectivity index (χ3v) is 2.79. The second-order valence-corrected chi connectivity index (χ2v) is 4.03. The molecule has 0 atom stereocenters. The summed E-state index contributed by atoms with van der Waals surface area (Å²) in [4.78, 5) is 0. The molecule has 0 saturated heterocycles. The van der Waals surface area contributed by atoms with Crippen LogP contribution in [0, 0.1) is 0 Å². The fourth-order valence-electron chi connectivity index (χ4n) is 1.69. The number of hydrogen-bond acceptors (Lipinski definition) is 1. The summed E-state index contributed by atoms with van der Waals surface area (Å²) in [5, 5.41) is 0. The fourth-order valence-corrected chi connectivity index (χ4v) is 1.69. The normalized spacial score (nSPS) is 11.6. The van der Waals surface area contributed by atoms with Crippen molar-refractivity contribution < 1.29 is 4.74 Å². The van der Waals surface area contributed by atoms with Crippen molar-refractivity contribution in [3.63, 3.8) is 0 Å². The number of ether oxygens (including phenoxy) is 1. The molecule has 0 aromatic heterocycles. The number of hydrogen-bond donors (Lipinski definition) is 0. The molecule has 1 nitrogen and oxygen atoms in total. The molecule has 1 rings (SSSR count). The predicted octanol–water partition coefficient (Wildman–Crippen LogP) is 4.68. The highest BCUT2D eigenvalue weighted by Crippen LogP contribution is 2.18. The van der Waals surface area contributed by atoms with Gasteiger partial charge in [-0.2, -0.15) is 0 Å². The maximum Gasteiger partial charge on any atom is 0.118 e. The summed E-state index contributed by atoms with van der Waals surface area (Å²) in [6.07, 6.45) is 7.22. The third-order valence-electron chi connectivity index (χ3n) is 2.79. The SMILES string of the molecule is CCCC/C(=C/c1ccc(OC)cc1)CC. The van der Waals surface area contributed by atoms with Crippen LogP contribution in [0.25, 0.3) is 6.08 Å². The molecule has 1 aromatic rings. The molecule has 0 heterocycles. The average molecular weight is 218 g/mol. The van der Waals surface area contributed by atoms with E-state index in [1.54, 1.807) is 7.11 Å². The van der Waals surface area contributed by atoms with Crippen LogP contribution in [0.4, 0.5) is 0 Å². The summed E-state index contributed by atoms with van der Waals surface area (Å²) in [7, 11) is 1.70. The number of benzene rings is 1. The molecule has 0 bridgehead atoms. The Hall–Kier alpha value is -1.24. The second kappa shape index (κ2) is 7.10. The first kappa shape index (κ1) is 12.8. The van der Waals surface area contributed by atoms with E-state index < -0.39 is 0 Å². The minimum Gasteiger partial charge on any atom is -0.497 e. The Kier molecular flexibility index (Phi) is 5.69. The molecule has 0 radical (unpaired) electrons. The van der Waals surface area contributed by atoms with Gasteiger partial charge < -0.3 is 4.74 Å². The van der Waals surface area contributed by atoms with Crippen LogP contribution < -0.4 is 4.74 Å². The van der Waals surface area contributed by atoms with Crippen molar-refractivity contribution in [2.45, 2.75) is 39.5 Å². The second-order valence-electron chi connectivity index (χ2n) is 4.03. The smallest absolute Gasteiger partial charge is 0.118 e. The van der Waals surface area contributed by atoms with Crippen LogP contribution in [0.15, 0.2) is 29.8 Å². The molecule has 1 aromatic carbocycles. The van der Waals surface area contributed by atoms with Crippen LogP contribution in [0.2, 0.25) is 0 Å². The number of allylic oxidation sites excluding steroid dienone is 1. The van der Waals surface area contributed by atoms with Crippen LogP contribution in [0.1, 0.15) is 45.1 Å². The number of unbranched alkanes of at least 4 members (excludes halogenated alkanes) is 1. The maximum absolute atomic E-state index is 5.14. The predicted molar refractivity (Wildman–Crippen MR) is 70.8 cm³/mol. The molecule has 0 aliphatic heterocycles. The topological polar surface area (TPSA) is 9.23 Å². The largest absolute Gasteiger partial charge is 0.497 e. The Bertz CT molecular complexity index is 322. The molecule has 0 aliphatic carbocycles. The highest BCUT2D eigenvalue weighted by Gasteiger charge is 1.96. The van der Waals surface area contributed by atoms with Crippen LogP contribution in [0.3, 0.4) is 0 Å². The van der Waals surface area contributed by atoms with Crippen LogP contribution in [-0.4, -0.2) is 7.11 Å². The quantitative estimate of drug-likeness (QED) is 0.673. The zero-order valence-corrected chi connectivity index (χ0v) is 10.6. The van der Waals surface area contributed by atoms with E-state index in [9.17, 15) is 0 Å². The van der Waals surface area contributed by atoms with Gasteiger partial charge in [-0.25, -0.2) is 0 Å². The summed E-state index contributed by atoms with van der Waals surface area (Å²) in [6.45, 7) is 4.46. The van der Waals surface area contributed by atoms with Gasteiger partial charge in [-0.15, -0.1) is 0 Å². The van der Waals surface area contributed by atoms with Crippen LogP contribution in [0.5, 0.6) is 5.75 Å². The molecule has 0 aliphatic rings. The summed E-state index contributed by atoms with van der Waals surface area (Å²) in [5.74, 6) is 0.920. The van der Waals surface area contributed by atoms with Gasteiger partial charge in [0.2, 0.25) is 0 Å². The number of rotatable bonds is 6. The van der Waals surface area contributed by atoms with Gasteiger partial charge in [-0.05, 0) is 37.0 Å². The van der Waals surface area contributed by atoms with Gasteiger partial charge in [0, 0.05) is 0 Å². The van der Waals surface area contributed by atoms with Crippen molar-refractivity contribution in [3.8, 4) is 5.75 Å². The van der Waals surface area contributed by atoms with Gasteiger partial charge in [0.1, 0.15) is 5.75 Å². The van der Waals surface area contributed by atoms with Crippen molar-refractivity contribution in [3.05, 3.63) is 35.4 Å². The van der Waals surface area contributed by atoms with Crippen molar-refractivity contribution in [1.82, 2.24) is 0 Å². The zero-order valence-electron chi connectivity index (χ0n) is 10.6. The van der Waals surface area contributed by atoms with E-state index in [0.717, 1.165) is 12.2 Å². The van der Waals surface area contributed by atoms with E-state index in [4.69, 9.17) is 4.74 Å². The Morgan fingerprint density at radius 1 is 1.19 bits per heavy atom. The van der Waals surface area contributed by atoms with Crippen LogP contribution >= 0.6 is 0 Å². The molecule has 0 amide bonds. The number of methoxy groups -OCH3 is 1. The van der Waals surface area contributed by atoms with Crippen molar-refractivity contribution in [1.29, 1.82) is 0 Å². The molecule has 88 valence electrons. The lowest BCUT2D eigenvalue weighted by Crippen LogP contribution is -1.84. The van der Waals surface area contributed by atoms with E-state index in [1.807, 2.05) is 12.1 Å². The molecule has 0 unspecified atom stereocenters. The van der Waals surface area contributed by atoms with Gasteiger partial charge in [0.25, 0.3) is 0 Å². The van der Waals surface area contributed by atoms with Gasteiger partial charge in [0.05, 0.1) is 7.11 Å². The molecular formula is C15H22O. The van der Waals surface area contributed by atoms with Gasteiger partial charge in [-0.3, -0.25) is 0 Å². The minimum absolute atomic E-state index is 0.920. The van der Waals surface area contributed by atoms with Gasteiger partial charge in [-0.1, -0.05) is 44.1 Å². The zero-order chi connectivity index (χ0) is 11.8. The minimum atomic E-state index is 0.920. The fraction of sp³-hybridized carbons (Fsp3) is 0.467. The summed E-state index contributed by atoms with van der Waals surface area (Å²) < 4.78 is 5.14. The lowest BCUT2D eigenvalue weighted by atomic mass is 10.0. The van der Waals surface area contributed by atoms with Gasteiger partial charge in [0.15, 0.2) is 0 Å². The Labute approximate surface area is 99.1 Å². The van der Waals surface area contributed by atoms with E-state index in [-0.39, 0.29) is 0 Å². The first-order valence-electron chi connectivity index (χ1n) is 6.13. The molecule has 16 heavy (non-hydrogen) atoms. The van der Waals surface area contributed by atoms with E-state index in [1.165, 1.54) is 30.4 Å². The first-order valence-corrected chi connectivity index (χ1v) is 6.13. The first-order chi connectivity index (χ1) is 7.80. The monoisotopic (exact) mass is 218 g/mol. The highest BCUT2D eigenvalue weighted by molar-refractivity contribution is 5.53. The van der Waals surface area contributed by atoms with Crippen LogP contribution in [-0.2, 0) is 0 Å². The Morgan fingerprint density at radius 3 is 2.38 bits per heavy atom. The standard InChI is InChI=1S/C15H22O/c1-4-6-7-13(5-2)12-14-8-10-15(16-3)11-9-14/h8-12H,4-7H2,1-3H3/b13-12+. The highest BCUT2D eigenvalue weighted by atomic mass is 16.5. The van der Waals surface area contributed by atoms with Crippen molar-refractivity contribution >= 4 is 6.08 Å².